The first-order valence-electron chi connectivity index (χ1n) is 8.53. The highest BCUT2D eigenvalue weighted by Gasteiger charge is 2.32. The predicted molar refractivity (Wildman–Crippen MR) is 98.9 cm³/mol. The summed E-state index contributed by atoms with van der Waals surface area (Å²) in [5.74, 6) is -2.09. The topological polar surface area (TPSA) is 104 Å². The van der Waals surface area contributed by atoms with Crippen molar-refractivity contribution < 1.29 is 23.1 Å². The number of hydrogen-bond donors (Lipinski definition) is 2. The smallest absolute Gasteiger partial charge is 0.312 e. The Morgan fingerprint density at radius 2 is 1.81 bits per heavy atom. The molecule has 2 aromatic rings. The average Bonchev–Trinajstić information content (AvgIpc) is 2.66. The zero-order valence-corrected chi connectivity index (χ0v) is 15.6. The maximum atomic E-state index is 12.8. The Bertz CT molecular complexity index is 970. The molecule has 142 valence electrons. The van der Waals surface area contributed by atoms with Gasteiger partial charge in [0, 0.05) is 25.2 Å². The van der Waals surface area contributed by atoms with E-state index in [0.29, 0.717) is 12.1 Å². The van der Waals surface area contributed by atoms with Crippen molar-refractivity contribution in [3.8, 4) is 0 Å². The molecule has 1 heterocycles. The van der Waals surface area contributed by atoms with Crippen LogP contribution in [-0.2, 0) is 21.4 Å². The Kier molecular flexibility index (Phi) is 5.29. The monoisotopic (exact) mass is 388 g/mol. The van der Waals surface area contributed by atoms with Crippen LogP contribution in [0.1, 0.15) is 34.3 Å². The Balaban J connectivity index is 1.85. The fourth-order valence-corrected chi connectivity index (χ4v) is 4.25. The largest absolute Gasteiger partial charge is 0.481 e. The summed E-state index contributed by atoms with van der Waals surface area (Å²) in [6, 6.07) is 12.8. The van der Waals surface area contributed by atoms with Crippen molar-refractivity contribution in [1.82, 2.24) is 9.62 Å². The normalized spacial score (nSPS) is 16.6. The number of rotatable bonds is 5. The molecule has 0 radical (unpaired) electrons. The zero-order chi connectivity index (χ0) is 19.6. The standard InChI is InChI=1S/C19H20N2O5S/c1-2-20-27(25,26)15-9-7-13(8-10-15)18(22)21-11-14-5-3-4-6-16(14)17(12-21)19(23)24/h3-10,17,20H,2,11-12H2,1H3,(H,23,24). The number of carbonyl (C=O) groups is 2. The second-order valence-corrected chi connectivity index (χ2v) is 8.07. The highest BCUT2D eigenvalue weighted by atomic mass is 32.2. The second-order valence-electron chi connectivity index (χ2n) is 6.30. The van der Waals surface area contributed by atoms with Crippen molar-refractivity contribution in [3.05, 3.63) is 65.2 Å². The first kappa shape index (κ1) is 19.1. The number of carboxylic acids is 1. The van der Waals surface area contributed by atoms with Crippen LogP contribution in [0.2, 0.25) is 0 Å². The maximum Gasteiger partial charge on any atom is 0.312 e. The molecule has 0 aromatic heterocycles. The minimum Gasteiger partial charge on any atom is -0.481 e. The molecule has 8 heteroatoms. The van der Waals surface area contributed by atoms with Gasteiger partial charge < -0.3 is 10.0 Å². The van der Waals surface area contributed by atoms with Gasteiger partial charge in [-0.05, 0) is 35.4 Å². The summed E-state index contributed by atoms with van der Waals surface area (Å²) < 4.78 is 26.4. The van der Waals surface area contributed by atoms with Crippen molar-refractivity contribution in [2.24, 2.45) is 0 Å². The summed E-state index contributed by atoms with van der Waals surface area (Å²) in [7, 11) is -3.59. The number of carboxylic acid groups (broad SMARTS) is 1. The van der Waals surface area contributed by atoms with Gasteiger partial charge in [0.2, 0.25) is 10.0 Å². The third-order valence-corrected chi connectivity index (χ3v) is 6.09. The summed E-state index contributed by atoms with van der Waals surface area (Å²) in [6.45, 7) is 2.34. The van der Waals surface area contributed by atoms with E-state index in [9.17, 15) is 23.1 Å². The third-order valence-electron chi connectivity index (χ3n) is 4.53. The van der Waals surface area contributed by atoms with Gasteiger partial charge in [0.15, 0.2) is 0 Å². The highest BCUT2D eigenvalue weighted by molar-refractivity contribution is 7.89. The van der Waals surface area contributed by atoms with Gasteiger partial charge in [0.25, 0.3) is 5.91 Å². The van der Waals surface area contributed by atoms with Crippen molar-refractivity contribution >= 4 is 21.9 Å². The van der Waals surface area contributed by atoms with Gasteiger partial charge in [-0.1, -0.05) is 31.2 Å². The number of nitrogens with one attached hydrogen (secondary N) is 1. The zero-order valence-electron chi connectivity index (χ0n) is 14.8. The number of aliphatic carboxylic acids is 1. The molecule has 2 N–H and O–H groups in total. The van der Waals surface area contributed by atoms with Crippen LogP contribution in [0.25, 0.3) is 0 Å². The molecule has 7 nitrogen and oxygen atoms in total. The summed E-state index contributed by atoms with van der Waals surface area (Å²) in [6.07, 6.45) is 0. The number of amides is 1. The Morgan fingerprint density at radius 1 is 1.15 bits per heavy atom. The van der Waals surface area contributed by atoms with E-state index in [0.717, 1.165) is 11.1 Å². The molecule has 0 aliphatic carbocycles. The molecule has 3 rings (SSSR count). The molecular formula is C19H20N2O5S. The van der Waals surface area contributed by atoms with Crippen LogP contribution < -0.4 is 4.72 Å². The Hall–Kier alpha value is -2.71. The van der Waals surface area contributed by atoms with E-state index in [1.54, 1.807) is 19.1 Å². The SMILES string of the molecule is CCNS(=O)(=O)c1ccc(C(=O)N2Cc3ccccc3C(C(=O)O)C2)cc1. The van der Waals surface area contributed by atoms with E-state index in [4.69, 9.17) is 0 Å². The molecule has 0 bridgehead atoms. The van der Waals surface area contributed by atoms with E-state index < -0.39 is 21.9 Å². The molecule has 1 atom stereocenters. The van der Waals surface area contributed by atoms with Gasteiger partial charge in [-0.15, -0.1) is 0 Å². The van der Waals surface area contributed by atoms with Gasteiger partial charge >= 0.3 is 5.97 Å². The minimum atomic E-state index is -3.59. The third kappa shape index (κ3) is 3.86. The van der Waals surface area contributed by atoms with Crippen LogP contribution >= 0.6 is 0 Å². The van der Waals surface area contributed by atoms with Gasteiger partial charge in [-0.25, -0.2) is 13.1 Å². The number of sulfonamides is 1. The van der Waals surface area contributed by atoms with Gasteiger partial charge in [-0.3, -0.25) is 9.59 Å². The lowest BCUT2D eigenvalue weighted by molar-refractivity contribution is -0.139. The average molecular weight is 388 g/mol. The number of carbonyl (C=O) groups excluding carboxylic acids is 1. The molecule has 27 heavy (non-hydrogen) atoms. The molecule has 1 aliphatic heterocycles. The molecule has 0 fully saturated rings. The molecular weight excluding hydrogens is 368 g/mol. The first-order valence-corrected chi connectivity index (χ1v) is 10.0. The Morgan fingerprint density at radius 3 is 2.44 bits per heavy atom. The molecule has 1 unspecified atom stereocenters. The summed E-state index contributed by atoms with van der Waals surface area (Å²) in [5, 5.41) is 9.52. The second kappa shape index (κ2) is 7.50. The highest BCUT2D eigenvalue weighted by Crippen LogP contribution is 2.29. The molecule has 0 saturated heterocycles. The van der Waals surface area contributed by atoms with Crippen molar-refractivity contribution in [2.75, 3.05) is 13.1 Å². The maximum absolute atomic E-state index is 12.8. The molecule has 1 amide bonds. The van der Waals surface area contributed by atoms with E-state index in [2.05, 4.69) is 4.72 Å². The molecule has 0 spiro atoms. The van der Waals surface area contributed by atoms with Crippen LogP contribution in [-0.4, -0.2) is 43.4 Å². The van der Waals surface area contributed by atoms with E-state index in [1.165, 1.54) is 29.2 Å². The fourth-order valence-electron chi connectivity index (χ4n) is 3.21. The summed E-state index contributed by atoms with van der Waals surface area (Å²) >= 11 is 0. The quantitative estimate of drug-likeness (QED) is 0.813. The molecule has 0 saturated carbocycles. The lowest BCUT2D eigenvalue weighted by Gasteiger charge is -2.32. The molecule has 2 aromatic carbocycles. The van der Waals surface area contributed by atoms with Crippen LogP contribution in [0, 0.1) is 0 Å². The van der Waals surface area contributed by atoms with Crippen LogP contribution in [0.3, 0.4) is 0 Å². The van der Waals surface area contributed by atoms with Crippen molar-refractivity contribution in [3.63, 3.8) is 0 Å². The number of benzene rings is 2. The minimum absolute atomic E-state index is 0.0720. The lowest BCUT2D eigenvalue weighted by Crippen LogP contribution is -2.40. The van der Waals surface area contributed by atoms with Gasteiger partial charge in [0.05, 0.1) is 10.8 Å². The van der Waals surface area contributed by atoms with Gasteiger partial charge in [0.1, 0.15) is 0 Å². The van der Waals surface area contributed by atoms with Crippen LogP contribution in [0.5, 0.6) is 0 Å². The summed E-state index contributed by atoms with van der Waals surface area (Å²) in [4.78, 5) is 26.0. The number of fused-ring (bicyclic) bond motifs is 1. The van der Waals surface area contributed by atoms with Crippen LogP contribution in [0.15, 0.2) is 53.4 Å². The number of nitrogens with zero attached hydrogens (tertiary/aromatic N) is 1. The van der Waals surface area contributed by atoms with Gasteiger partial charge in [-0.2, -0.15) is 0 Å². The fraction of sp³-hybridized carbons (Fsp3) is 0.263. The summed E-state index contributed by atoms with van der Waals surface area (Å²) in [5.41, 5.74) is 1.84. The predicted octanol–water partition coefficient (Wildman–Crippen LogP) is 1.81. The Labute approximate surface area is 157 Å². The van der Waals surface area contributed by atoms with E-state index in [-0.39, 0.29) is 23.9 Å². The van der Waals surface area contributed by atoms with Crippen molar-refractivity contribution in [1.29, 1.82) is 0 Å². The molecule has 1 aliphatic rings. The van der Waals surface area contributed by atoms with E-state index in [1.807, 2.05) is 12.1 Å². The van der Waals surface area contributed by atoms with Crippen molar-refractivity contribution in [2.45, 2.75) is 24.3 Å². The first-order chi connectivity index (χ1) is 12.8. The van der Waals surface area contributed by atoms with Crippen LogP contribution in [0.4, 0.5) is 0 Å². The number of hydrogen-bond acceptors (Lipinski definition) is 4. The lowest BCUT2D eigenvalue weighted by atomic mass is 9.89. The van der Waals surface area contributed by atoms with E-state index >= 15 is 0 Å².